The van der Waals surface area contributed by atoms with Crippen molar-refractivity contribution >= 4 is 11.0 Å². The van der Waals surface area contributed by atoms with Crippen molar-refractivity contribution < 1.29 is 9.47 Å². The lowest BCUT2D eigenvalue weighted by Crippen LogP contribution is -1.99. The Hall–Kier alpha value is -3.27. The molecule has 2 aromatic carbocycles. The van der Waals surface area contributed by atoms with Crippen LogP contribution in [0.3, 0.4) is 0 Å². The zero-order chi connectivity index (χ0) is 17.8. The molecular formula is C22H20N2O2. The molecule has 2 heterocycles. The number of ether oxygens (including phenoxy) is 2. The van der Waals surface area contributed by atoms with E-state index in [1.807, 2.05) is 49.5 Å². The third-order valence-corrected chi connectivity index (χ3v) is 4.24. The minimum absolute atomic E-state index is 0.500. The number of hydrogen-bond donors (Lipinski definition) is 1. The monoisotopic (exact) mass is 344 g/mol. The standard InChI is InChI=1S/C22H20N2O2/c1-2-25-20-11-10-17(19-14-24-22-18(19)9-6-12-23-22)13-21(20)26-15-16-7-4-3-5-8-16/h3-14H,2,15H2,1H3,(H,23,24). The zero-order valence-electron chi connectivity index (χ0n) is 14.6. The van der Waals surface area contributed by atoms with Crippen molar-refractivity contribution in [1.29, 1.82) is 0 Å². The number of aromatic amines is 1. The maximum atomic E-state index is 6.08. The fraction of sp³-hybridized carbons (Fsp3) is 0.136. The van der Waals surface area contributed by atoms with Gasteiger partial charge in [-0.2, -0.15) is 0 Å². The Balaban J connectivity index is 1.68. The molecule has 1 N–H and O–H groups in total. The van der Waals surface area contributed by atoms with Gasteiger partial charge in [0.05, 0.1) is 6.61 Å². The van der Waals surface area contributed by atoms with Crippen molar-refractivity contribution in [2.45, 2.75) is 13.5 Å². The molecule has 0 atom stereocenters. The van der Waals surface area contributed by atoms with Gasteiger partial charge in [0.1, 0.15) is 12.3 Å². The maximum Gasteiger partial charge on any atom is 0.162 e. The third-order valence-electron chi connectivity index (χ3n) is 4.24. The highest BCUT2D eigenvalue weighted by Gasteiger charge is 2.11. The van der Waals surface area contributed by atoms with E-state index in [1.54, 1.807) is 6.20 Å². The topological polar surface area (TPSA) is 47.1 Å². The smallest absolute Gasteiger partial charge is 0.162 e. The van der Waals surface area contributed by atoms with Gasteiger partial charge in [0.15, 0.2) is 11.5 Å². The molecule has 0 bridgehead atoms. The Morgan fingerprint density at radius 2 is 1.81 bits per heavy atom. The van der Waals surface area contributed by atoms with Gasteiger partial charge >= 0.3 is 0 Å². The molecule has 0 aliphatic heterocycles. The summed E-state index contributed by atoms with van der Waals surface area (Å²) in [5.41, 5.74) is 4.16. The van der Waals surface area contributed by atoms with E-state index in [4.69, 9.17) is 9.47 Å². The number of benzene rings is 2. The average molecular weight is 344 g/mol. The second kappa shape index (κ2) is 7.31. The molecule has 0 amide bonds. The lowest BCUT2D eigenvalue weighted by molar-refractivity contribution is 0.269. The van der Waals surface area contributed by atoms with Gasteiger partial charge in [-0.05, 0) is 42.3 Å². The summed E-state index contributed by atoms with van der Waals surface area (Å²) in [6, 6.07) is 20.2. The molecule has 0 saturated heterocycles. The van der Waals surface area contributed by atoms with Crippen molar-refractivity contribution in [1.82, 2.24) is 9.97 Å². The highest BCUT2D eigenvalue weighted by molar-refractivity contribution is 5.93. The summed E-state index contributed by atoms with van der Waals surface area (Å²) in [4.78, 5) is 7.58. The van der Waals surface area contributed by atoms with Gasteiger partial charge in [-0.3, -0.25) is 0 Å². The van der Waals surface area contributed by atoms with Crippen molar-refractivity contribution in [3.63, 3.8) is 0 Å². The van der Waals surface area contributed by atoms with Crippen molar-refractivity contribution in [3.8, 4) is 22.6 Å². The SMILES string of the molecule is CCOc1ccc(-c2c[nH]c3ncccc23)cc1OCc1ccccc1. The van der Waals surface area contributed by atoms with Crippen LogP contribution < -0.4 is 9.47 Å². The number of nitrogens with zero attached hydrogens (tertiary/aromatic N) is 1. The first-order valence-electron chi connectivity index (χ1n) is 8.71. The molecule has 0 unspecified atom stereocenters. The molecule has 26 heavy (non-hydrogen) atoms. The van der Waals surface area contributed by atoms with E-state index in [-0.39, 0.29) is 0 Å². The molecule has 0 spiro atoms. The molecule has 0 saturated carbocycles. The predicted octanol–water partition coefficient (Wildman–Crippen LogP) is 5.21. The highest BCUT2D eigenvalue weighted by atomic mass is 16.5. The fourth-order valence-electron chi connectivity index (χ4n) is 2.99. The van der Waals surface area contributed by atoms with E-state index in [0.29, 0.717) is 13.2 Å². The first-order chi connectivity index (χ1) is 12.8. The van der Waals surface area contributed by atoms with Gasteiger partial charge in [0, 0.05) is 23.3 Å². The highest BCUT2D eigenvalue weighted by Crippen LogP contribution is 2.35. The first-order valence-corrected chi connectivity index (χ1v) is 8.71. The lowest BCUT2D eigenvalue weighted by atomic mass is 10.1. The van der Waals surface area contributed by atoms with Crippen LogP contribution in [0.5, 0.6) is 11.5 Å². The van der Waals surface area contributed by atoms with Crippen LogP contribution in [-0.2, 0) is 6.61 Å². The summed E-state index contributed by atoms with van der Waals surface area (Å²) in [5.74, 6) is 1.50. The normalized spacial score (nSPS) is 10.8. The van der Waals surface area contributed by atoms with E-state index >= 15 is 0 Å². The number of nitrogens with one attached hydrogen (secondary N) is 1. The minimum atomic E-state index is 0.500. The van der Waals surface area contributed by atoms with Crippen LogP contribution in [0.25, 0.3) is 22.2 Å². The molecule has 0 radical (unpaired) electrons. The second-order valence-electron chi connectivity index (χ2n) is 5.97. The first kappa shape index (κ1) is 16.2. The van der Waals surface area contributed by atoms with Crippen LogP contribution >= 0.6 is 0 Å². The lowest BCUT2D eigenvalue weighted by Gasteiger charge is -2.13. The minimum Gasteiger partial charge on any atom is -0.490 e. The molecule has 0 aliphatic carbocycles. The Bertz CT molecular complexity index is 1010. The molecule has 2 aromatic heterocycles. The molecule has 130 valence electrons. The van der Waals surface area contributed by atoms with Gasteiger partial charge < -0.3 is 14.5 Å². The summed E-state index contributed by atoms with van der Waals surface area (Å²) in [7, 11) is 0. The molecule has 4 nitrogen and oxygen atoms in total. The van der Waals surface area contributed by atoms with Crippen LogP contribution in [0, 0.1) is 0 Å². The van der Waals surface area contributed by atoms with Crippen molar-refractivity contribution in [2.24, 2.45) is 0 Å². The number of hydrogen-bond acceptors (Lipinski definition) is 3. The van der Waals surface area contributed by atoms with Gasteiger partial charge in [-0.25, -0.2) is 4.98 Å². The van der Waals surface area contributed by atoms with E-state index in [0.717, 1.165) is 39.2 Å². The van der Waals surface area contributed by atoms with Crippen LogP contribution in [0.2, 0.25) is 0 Å². The van der Waals surface area contributed by atoms with Gasteiger partial charge in [0.2, 0.25) is 0 Å². The average Bonchev–Trinajstić information content (AvgIpc) is 3.12. The quantitative estimate of drug-likeness (QED) is 0.522. The Morgan fingerprint density at radius 3 is 2.65 bits per heavy atom. The largest absolute Gasteiger partial charge is 0.490 e. The Morgan fingerprint density at radius 1 is 0.923 bits per heavy atom. The fourth-order valence-corrected chi connectivity index (χ4v) is 2.99. The number of pyridine rings is 1. The molecule has 0 aliphatic rings. The molecule has 4 aromatic rings. The molecular weight excluding hydrogens is 324 g/mol. The van der Waals surface area contributed by atoms with Gasteiger partial charge in [-0.1, -0.05) is 36.4 Å². The number of rotatable bonds is 6. The van der Waals surface area contributed by atoms with Crippen molar-refractivity contribution in [3.05, 3.63) is 78.6 Å². The van der Waals surface area contributed by atoms with E-state index in [9.17, 15) is 0 Å². The number of H-pyrrole nitrogens is 1. The van der Waals surface area contributed by atoms with Gasteiger partial charge in [0.25, 0.3) is 0 Å². The Kier molecular flexibility index (Phi) is 4.56. The molecule has 4 heteroatoms. The van der Waals surface area contributed by atoms with Crippen molar-refractivity contribution in [2.75, 3.05) is 6.61 Å². The molecule has 0 fully saturated rings. The zero-order valence-corrected chi connectivity index (χ0v) is 14.6. The number of fused-ring (bicyclic) bond motifs is 1. The van der Waals surface area contributed by atoms with Crippen LogP contribution in [0.1, 0.15) is 12.5 Å². The summed E-state index contributed by atoms with van der Waals surface area (Å²) < 4.78 is 11.8. The van der Waals surface area contributed by atoms with Crippen LogP contribution in [0.15, 0.2) is 73.1 Å². The maximum absolute atomic E-state index is 6.08. The summed E-state index contributed by atoms with van der Waals surface area (Å²) in [5, 5.41) is 1.09. The summed E-state index contributed by atoms with van der Waals surface area (Å²) in [6.07, 6.45) is 3.77. The summed E-state index contributed by atoms with van der Waals surface area (Å²) in [6.45, 7) is 3.07. The molecule has 4 rings (SSSR count). The summed E-state index contributed by atoms with van der Waals surface area (Å²) >= 11 is 0. The number of aromatic nitrogens is 2. The van der Waals surface area contributed by atoms with Crippen LogP contribution in [0.4, 0.5) is 0 Å². The van der Waals surface area contributed by atoms with E-state index in [2.05, 4.69) is 34.2 Å². The van der Waals surface area contributed by atoms with Gasteiger partial charge in [-0.15, -0.1) is 0 Å². The van der Waals surface area contributed by atoms with E-state index < -0.39 is 0 Å². The predicted molar refractivity (Wildman–Crippen MR) is 103 cm³/mol. The third kappa shape index (κ3) is 3.26. The second-order valence-corrected chi connectivity index (χ2v) is 5.97. The van der Waals surface area contributed by atoms with E-state index in [1.165, 1.54) is 0 Å². The van der Waals surface area contributed by atoms with Crippen LogP contribution in [-0.4, -0.2) is 16.6 Å². The Labute approximate surface area is 152 Å².